The van der Waals surface area contributed by atoms with E-state index < -0.39 is 0 Å². The molecule has 1 saturated heterocycles. The van der Waals surface area contributed by atoms with E-state index in [0.717, 1.165) is 19.5 Å². The first-order valence-electron chi connectivity index (χ1n) is 5.20. The van der Waals surface area contributed by atoms with E-state index >= 15 is 0 Å². The third kappa shape index (κ3) is 2.51. The normalized spacial score (nSPS) is 29.5. The van der Waals surface area contributed by atoms with Crippen molar-refractivity contribution in [3.05, 3.63) is 0 Å². The first kappa shape index (κ1) is 9.16. The summed E-state index contributed by atoms with van der Waals surface area (Å²) in [6.45, 7) is 2.65. The molecule has 0 aromatic heterocycles. The van der Waals surface area contributed by atoms with Gasteiger partial charge in [-0.2, -0.15) is 0 Å². The second kappa shape index (κ2) is 3.76. The first-order chi connectivity index (χ1) is 6.25. The van der Waals surface area contributed by atoms with Gasteiger partial charge in [0.15, 0.2) is 5.78 Å². The maximum atomic E-state index is 11.6. The van der Waals surface area contributed by atoms with Gasteiger partial charge >= 0.3 is 0 Å². The molecule has 1 atom stereocenters. The largest absolute Gasteiger partial charge is 0.307 e. The lowest BCUT2D eigenvalue weighted by Gasteiger charge is -2.09. The van der Waals surface area contributed by atoms with E-state index in [1.165, 1.54) is 12.8 Å². The third-order valence-corrected chi connectivity index (χ3v) is 2.99. The van der Waals surface area contributed by atoms with Crippen LogP contribution in [0, 0.1) is 5.92 Å². The average molecular weight is 182 g/mol. The van der Waals surface area contributed by atoms with E-state index in [4.69, 9.17) is 0 Å². The smallest absolute Gasteiger partial charge is 0.151 e. The van der Waals surface area contributed by atoms with Crippen molar-refractivity contribution in [2.45, 2.75) is 25.3 Å². The Morgan fingerprint density at radius 3 is 2.77 bits per heavy atom. The van der Waals surface area contributed by atoms with Gasteiger partial charge in [-0.25, -0.2) is 0 Å². The van der Waals surface area contributed by atoms with Crippen molar-refractivity contribution in [3.63, 3.8) is 0 Å². The summed E-state index contributed by atoms with van der Waals surface area (Å²) in [5.74, 6) is 0.715. The van der Waals surface area contributed by atoms with Crippen molar-refractivity contribution in [2.75, 3.05) is 26.7 Å². The molecule has 0 aromatic carbocycles. The van der Waals surface area contributed by atoms with Crippen molar-refractivity contribution in [2.24, 2.45) is 5.92 Å². The summed E-state index contributed by atoms with van der Waals surface area (Å²) in [5, 5.41) is 3.28. The quantitative estimate of drug-likeness (QED) is 0.677. The van der Waals surface area contributed by atoms with Crippen molar-refractivity contribution >= 4 is 5.78 Å². The summed E-state index contributed by atoms with van der Waals surface area (Å²) in [7, 11) is 2.08. The van der Waals surface area contributed by atoms with Gasteiger partial charge in [-0.1, -0.05) is 0 Å². The molecule has 2 rings (SSSR count). The van der Waals surface area contributed by atoms with Gasteiger partial charge in [-0.05, 0) is 32.9 Å². The Labute approximate surface area is 79.5 Å². The molecule has 1 saturated carbocycles. The van der Waals surface area contributed by atoms with Crippen LogP contribution < -0.4 is 5.32 Å². The molecule has 1 unspecified atom stereocenters. The van der Waals surface area contributed by atoms with Gasteiger partial charge in [0.1, 0.15) is 0 Å². The molecule has 0 bridgehead atoms. The summed E-state index contributed by atoms with van der Waals surface area (Å²) in [6, 6.07) is 0.656. The fourth-order valence-corrected chi connectivity index (χ4v) is 1.87. The lowest BCUT2D eigenvalue weighted by molar-refractivity contribution is -0.121. The van der Waals surface area contributed by atoms with E-state index in [9.17, 15) is 4.79 Å². The molecule has 0 amide bonds. The molecule has 3 heteroatoms. The van der Waals surface area contributed by atoms with Gasteiger partial charge in [0, 0.05) is 18.5 Å². The summed E-state index contributed by atoms with van der Waals surface area (Å²) in [5.41, 5.74) is 0. The van der Waals surface area contributed by atoms with Crippen LogP contribution in [-0.4, -0.2) is 43.4 Å². The van der Waals surface area contributed by atoms with Crippen LogP contribution in [0.25, 0.3) is 0 Å². The minimum Gasteiger partial charge on any atom is -0.307 e. The molecule has 13 heavy (non-hydrogen) atoms. The Morgan fingerprint density at radius 1 is 1.46 bits per heavy atom. The topological polar surface area (TPSA) is 32.3 Å². The second-order valence-corrected chi connectivity index (χ2v) is 4.37. The molecule has 74 valence electrons. The van der Waals surface area contributed by atoms with Gasteiger partial charge in [-0.3, -0.25) is 4.79 Å². The Kier molecular flexibility index (Phi) is 2.65. The first-order valence-corrected chi connectivity index (χ1v) is 5.20. The molecule has 0 aromatic rings. The lowest BCUT2D eigenvalue weighted by atomic mass is 10.0. The molecule has 1 aliphatic heterocycles. The molecule has 2 fully saturated rings. The Hall–Kier alpha value is -0.410. The molecule has 1 N–H and O–H groups in total. The second-order valence-electron chi connectivity index (χ2n) is 4.37. The van der Waals surface area contributed by atoms with Crippen molar-refractivity contribution in [1.29, 1.82) is 0 Å². The van der Waals surface area contributed by atoms with E-state index in [1.807, 2.05) is 0 Å². The maximum absolute atomic E-state index is 11.6. The Bertz CT molecular complexity index is 201. The van der Waals surface area contributed by atoms with Crippen LogP contribution in [0.5, 0.6) is 0 Å². The number of Topliss-reactive ketones (excluding diaryl/α,β-unsaturated/α-hetero) is 1. The summed E-state index contributed by atoms with van der Waals surface area (Å²) in [4.78, 5) is 13.9. The van der Waals surface area contributed by atoms with Gasteiger partial charge in [0.05, 0.1) is 6.54 Å². The summed E-state index contributed by atoms with van der Waals surface area (Å²) < 4.78 is 0. The minimum atomic E-state index is 0.302. The molecule has 1 aliphatic carbocycles. The van der Waals surface area contributed by atoms with Gasteiger partial charge < -0.3 is 10.2 Å². The summed E-state index contributed by atoms with van der Waals surface area (Å²) in [6.07, 6.45) is 3.58. The predicted molar refractivity (Wildman–Crippen MR) is 51.6 cm³/mol. The number of carbonyl (C=O) groups is 1. The number of rotatable bonds is 4. The number of likely N-dealkylation sites (tertiary alicyclic amines) is 1. The minimum absolute atomic E-state index is 0.302. The molecule has 2 aliphatic rings. The van der Waals surface area contributed by atoms with Crippen LogP contribution in [-0.2, 0) is 4.79 Å². The molecular formula is C10H18N2O. The predicted octanol–water partition coefficient (Wildman–Crippen LogP) is 0.259. The fourth-order valence-electron chi connectivity index (χ4n) is 1.87. The van der Waals surface area contributed by atoms with Crippen molar-refractivity contribution in [3.8, 4) is 0 Å². The molecule has 0 spiro atoms. The van der Waals surface area contributed by atoms with E-state index in [2.05, 4.69) is 17.3 Å². The molecule has 3 nitrogen and oxygen atoms in total. The number of nitrogens with zero attached hydrogens (tertiary/aromatic N) is 1. The van der Waals surface area contributed by atoms with Gasteiger partial charge in [0.25, 0.3) is 0 Å². The third-order valence-electron chi connectivity index (χ3n) is 2.99. The van der Waals surface area contributed by atoms with Gasteiger partial charge in [0.2, 0.25) is 0 Å². The van der Waals surface area contributed by atoms with Crippen LogP contribution in [0.1, 0.15) is 19.3 Å². The zero-order chi connectivity index (χ0) is 9.26. The zero-order valence-electron chi connectivity index (χ0n) is 8.25. The highest BCUT2D eigenvalue weighted by molar-refractivity contribution is 5.83. The number of nitrogens with one attached hydrogen (secondary N) is 1. The van der Waals surface area contributed by atoms with Crippen LogP contribution in [0.2, 0.25) is 0 Å². The number of ketones is 1. The maximum Gasteiger partial charge on any atom is 0.151 e. The highest BCUT2D eigenvalue weighted by Gasteiger charge is 2.27. The van der Waals surface area contributed by atoms with Crippen molar-refractivity contribution < 1.29 is 4.79 Å². The van der Waals surface area contributed by atoms with Crippen LogP contribution in [0.3, 0.4) is 0 Å². The van der Waals surface area contributed by atoms with Crippen molar-refractivity contribution in [1.82, 2.24) is 10.2 Å². The number of hydrogen-bond acceptors (Lipinski definition) is 3. The monoisotopic (exact) mass is 182 g/mol. The lowest BCUT2D eigenvalue weighted by Crippen LogP contribution is -2.31. The molecule has 0 radical (unpaired) electrons. The van der Waals surface area contributed by atoms with Crippen LogP contribution in [0.15, 0.2) is 0 Å². The van der Waals surface area contributed by atoms with E-state index in [-0.39, 0.29) is 0 Å². The zero-order valence-corrected chi connectivity index (χ0v) is 8.25. The molecule has 1 heterocycles. The van der Waals surface area contributed by atoms with Gasteiger partial charge in [-0.15, -0.1) is 0 Å². The Balaban J connectivity index is 1.69. The SMILES string of the molecule is CN1CCC(C(=O)CNC2CC2)C1. The average Bonchev–Trinajstić information content (AvgIpc) is 2.84. The molecular weight excluding hydrogens is 164 g/mol. The highest BCUT2D eigenvalue weighted by Crippen LogP contribution is 2.19. The number of hydrogen-bond donors (Lipinski definition) is 1. The van der Waals surface area contributed by atoms with Crippen LogP contribution in [0.4, 0.5) is 0 Å². The standard InChI is InChI=1S/C10H18N2O/c1-12-5-4-8(7-12)10(13)6-11-9-2-3-9/h8-9,11H,2-7H2,1H3. The Morgan fingerprint density at radius 2 is 2.23 bits per heavy atom. The number of carbonyl (C=O) groups excluding carboxylic acids is 1. The van der Waals surface area contributed by atoms with E-state index in [1.54, 1.807) is 0 Å². The summed E-state index contributed by atoms with van der Waals surface area (Å²) >= 11 is 0. The fraction of sp³-hybridized carbons (Fsp3) is 0.900. The highest BCUT2D eigenvalue weighted by atomic mass is 16.1. The van der Waals surface area contributed by atoms with E-state index in [0.29, 0.717) is 24.3 Å². The van der Waals surface area contributed by atoms with Crippen LogP contribution >= 0.6 is 0 Å².